The molecular weight excluding hydrogens is 463 g/mol. The fourth-order valence-electron chi connectivity index (χ4n) is 4.17. The van der Waals surface area contributed by atoms with Gasteiger partial charge in [0.05, 0.1) is 29.6 Å². The number of halogens is 3. The lowest BCUT2D eigenvalue weighted by Crippen LogP contribution is -2.43. The van der Waals surface area contributed by atoms with E-state index in [0.29, 0.717) is 11.4 Å². The molecule has 2 atom stereocenters. The second-order valence-corrected chi connectivity index (χ2v) is 9.21. The molecule has 5 rings (SSSR count). The van der Waals surface area contributed by atoms with E-state index >= 15 is 0 Å². The number of nitrogens with one attached hydrogen (secondary N) is 3. The summed E-state index contributed by atoms with van der Waals surface area (Å²) in [4.78, 5) is 13.6. The summed E-state index contributed by atoms with van der Waals surface area (Å²) in [7, 11) is 0. The van der Waals surface area contributed by atoms with E-state index in [0.717, 1.165) is 26.7 Å². The third kappa shape index (κ3) is 4.44. The Hall–Kier alpha value is -3.21. The number of rotatable bonds is 4. The molecule has 1 fully saturated rings. The predicted octanol–water partition coefficient (Wildman–Crippen LogP) is 5.18. The highest BCUT2D eigenvalue weighted by Crippen LogP contribution is 2.46. The Kier molecular flexibility index (Phi) is 5.88. The Morgan fingerprint density at radius 3 is 2.53 bits per heavy atom. The fourth-order valence-corrected chi connectivity index (χ4v) is 5.14. The maximum atomic E-state index is 13.7. The Labute approximate surface area is 198 Å². The monoisotopic (exact) mass is 485 g/mol. The van der Waals surface area contributed by atoms with Crippen molar-refractivity contribution in [2.45, 2.75) is 34.5 Å². The number of amides is 1. The molecule has 2 heterocycles. The lowest BCUT2D eigenvalue weighted by Gasteiger charge is -2.28. The molecule has 0 aliphatic carbocycles. The molecule has 1 saturated heterocycles. The van der Waals surface area contributed by atoms with E-state index in [9.17, 15) is 18.0 Å². The van der Waals surface area contributed by atoms with Crippen molar-refractivity contribution < 1.29 is 18.0 Å². The molecule has 0 spiro atoms. The first-order valence-electron chi connectivity index (χ1n) is 10.7. The number of nitrogens with two attached hydrogens (primary N) is 1. The lowest BCUT2D eigenvalue weighted by atomic mass is 10.00. The zero-order chi connectivity index (χ0) is 23.9. The van der Waals surface area contributed by atoms with E-state index in [1.807, 2.05) is 42.5 Å². The summed E-state index contributed by atoms with van der Waals surface area (Å²) in [6.07, 6.45) is -4.51. The quantitative estimate of drug-likeness (QED) is 0.319. The molecule has 6 nitrogen and oxygen atoms in total. The normalized spacial score (nSPS) is 19.2. The zero-order valence-corrected chi connectivity index (χ0v) is 18.7. The number of para-hydroxylation sites is 1. The van der Waals surface area contributed by atoms with Crippen LogP contribution >= 0.6 is 11.8 Å². The number of hydrogen-bond acceptors (Lipinski definition) is 6. The molecule has 5 N–H and O–H groups in total. The van der Waals surface area contributed by atoms with Gasteiger partial charge in [-0.25, -0.2) is 5.43 Å². The molecule has 2 aliphatic rings. The van der Waals surface area contributed by atoms with Gasteiger partial charge in [0.1, 0.15) is 6.04 Å². The van der Waals surface area contributed by atoms with Gasteiger partial charge in [-0.3, -0.25) is 4.79 Å². The second-order valence-electron chi connectivity index (χ2n) is 8.12. The maximum Gasteiger partial charge on any atom is 0.405 e. The minimum atomic E-state index is -4.39. The van der Waals surface area contributed by atoms with Gasteiger partial charge < -0.3 is 21.4 Å². The first-order chi connectivity index (χ1) is 16.3. The van der Waals surface area contributed by atoms with E-state index in [-0.39, 0.29) is 18.9 Å². The van der Waals surface area contributed by atoms with Crippen molar-refractivity contribution in [2.24, 2.45) is 5.73 Å². The van der Waals surface area contributed by atoms with Gasteiger partial charge in [0.25, 0.3) is 0 Å². The fraction of sp³-hybridized carbons (Fsp3) is 0.208. The SMILES string of the molecule is NCC(=O)Nc1ccc(N2NC(C(F)(F)F)CC2c2ccc3c(c2)Nc2ccccc2S3)cc1. The number of hydrogen-bond donors (Lipinski definition) is 4. The van der Waals surface area contributed by atoms with Crippen LogP contribution in [-0.2, 0) is 4.79 Å². The van der Waals surface area contributed by atoms with Gasteiger partial charge in [0, 0.05) is 15.5 Å². The van der Waals surface area contributed by atoms with Crippen molar-refractivity contribution in [3.8, 4) is 0 Å². The third-order valence-electron chi connectivity index (χ3n) is 5.84. The molecule has 0 radical (unpaired) electrons. The highest BCUT2D eigenvalue weighted by Gasteiger charge is 2.48. The molecule has 0 aromatic heterocycles. The lowest BCUT2D eigenvalue weighted by molar-refractivity contribution is -0.152. The molecular formula is C24H22F3N5OS. The smallest absolute Gasteiger partial charge is 0.354 e. The van der Waals surface area contributed by atoms with Gasteiger partial charge in [-0.05, 0) is 60.5 Å². The Bertz CT molecular complexity index is 1220. The van der Waals surface area contributed by atoms with E-state index < -0.39 is 18.3 Å². The number of nitrogens with zero attached hydrogens (tertiary/aromatic N) is 1. The number of carbonyl (C=O) groups excluding carboxylic acids is 1. The van der Waals surface area contributed by atoms with Crippen molar-refractivity contribution in [3.63, 3.8) is 0 Å². The number of carbonyl (C=O) groups is 1. The molecule has 3 aromatic rings. The van der Waals surface area contributed by atoms with Crippen molar-refractivity contribution >= 4 is 40.4 Å². The van der Waals surface area contributed by atoms with Crippen molar-refractivity contribution in [2.75, 3.05) is 22.2 Å². The van der Waals surface area contributed by atoms with E-state index in [1.165, 1.54) is 0 Å². The summed E-state index contributed by atoms with van der Waals surface area (Å²) in [5.41, 5.74) is 11.7. The van der Waals surface area contributed by atoms with E-state index in [4.69, 9.17) is 5.73 Å². The van der Waals surface area contributed by atoms with E-state index in [2.05, 4.69) is 16.1 Å². The number of benzene rings is 3. The largest absolute Gasteiger partial charge is 0.405 e. The summed E-state index contributed by atoms with van der Waals surface area (Å²) >= 11 is 1.63. The Morgan fingerprint density at radius 2 is 1.79 bits per heavy atom. The first kappa shape index (κ1) is 22.6. The summed E-state index contributed by atoms with van der Waals surface area (Å²) in [6.45, 7) is -0.153. The summed E-state index contributed by atoms with van der Waals surface area (Å²) in [5, 5.41) is 7.59. The van der Waals surface area contributed by atoms with Gasteiger partial charge in [0.15, 0.2) is 0 Å². The molecule has 0 bridgehead atoms. The van der Waals surface area contributed by atoms with Crippen LogP contribution in [0.4, 0.5) is 35.9 Å². The average molecular weight is 486 g/mol. The molecule has 1 amide bonds. The topological polar surface area (TPSA) is 82.4 Å². The van der Waals surface area contributed by atoms with Gasteiger partial charge in [-0.1, -0.05) is 30.0 Å². The predicted molar refractivity (Wildman–Crippen MR) is 127 cm³/mol. The van der Waals surface area contributed by atoms with Crippen LogP contribution in [0.5, 0.6) is 0 Å². The summed E-state index contributed by atoms with van der Waals surface area (Å²) in [5.74, 6) is -0.344. The standard InChI is InChI=1S/C24H22F3N5OS/c25-24(26,27)22-12-19(32(31-22)16-8-6-15(7-9-16)29-23(33)13-28)14-5-10-21-18(11-14)30-17-3-1-2-4-20(17)34-21/h1-11,19,22,30-31H,12-13,28H2,(H,29,33). The van der Waals surface area contributed by atoms with Crippen LogP contribution in [0.15, 0.2) is 76.5 Å². The Morgan fingerprint density at radius 1 is 1.06 bits per heavy atom. The minimum Gasteiger partial charge on any atom is -0.354 e. The van der Waals surface area contributed by atoms with Crippen molar-refractivity contribution in [1.29, 1.82) is 0 Å². The molecule has 2 unspecified atom stereocenters. The summed E-state index contributed by atoms with van der Waals surface area (Å²) in [6, 6.07) is 18.1. The van der Waals surface area contributed by atoms with Gasteiger partial charge >= 0.3 is 6.18 Å². The molecule has 3 aromatic carbocycles. The van der Waals surface area contributed by atoms with Crippen LogP contribution in [0, 0.1) is 0 Å². The zero-order valence-electron chi connectivity index (χ0n) is 17.9. The van der Waals surface area contributed by atoms with Crippen LogP contribution in [0.25, 0.3) is 0 Å². The van der Waals surface area contributed by atoms with Crippen molar-refractivity contribution in [1.82, 2.24) is 5.43 Å². The Balaban J connectivity index is 1.45. The van der Waals surface area contributed by atoms with E-state index in [1.54, 1.807) is 41.0 Å². The first-order valence-corrected chi connectivity index (χ1v) is 11.5. The molecule has 2 aliphatic heterocycles. The number of anilines is 4. The van der Waals surface area contributed by atoms with Gasteiger partial charge in [-0.2, -0.15) is 13.2 Å². The molecule has 10 heteroatoms. The number of fused-ring (bicyclic) bond motifs is 2. The maximum absolute atomic E-state index is 13.7. The third-order valence-corrected chi connectivity index (χ3v) is 6.99. The van der Waals surface area contributed by atoms with Crippen LogP contribution < -0.4 is 26.8 Å². The number of alkyl halides is 3. The molecule has 34 heavy (non-hydrogen) atoms. The molecule has 176 valence electrons. The summed E-state index contributed by atoms with van der Waals surface area (Å²) < 4.78 is 41.0. The van der Waals surface area contributed by atoms with Crippen LogP contribution in [0.1, 0.15) is 18.0 Å². The van der Waals surface area contributed by atoms with Gasteiger partial charge in [-0.15, -0.1) is 0 Å². The highest BCUT2D eigenvalue weighted by molar-refractivity contribution is 7.99. The second kappa shape index (κ2) is 8.86. The van der Waals surface area contributed by atoms with Crippen molar-refractivity contribution in [3.05, 3.63) is 72.3 Å². The highest BCUT2D eigenvalue weighted by atomic mass is 32.2. The van der Waals surface area contributed by atoms with Crippen LogP contribution in [0.3, 0.4) is 0 Å². The van der Waals surface area contributed by atoms with Gasteiger partial charge in [0.2, 0.25) is 5.91 Å². The molecule has 0 saturated carbocycles. The minimum absolute atomic E-state index is 0.127. The average Bonchev–Trinajstić information content (AvgIpc) is 3.29. The number of hydrazine groups is 1. The van der Waals surface area contributed by atoms with Crippen LogP contribution in [-0.4, -0.2) is 24.7 Å². The van der Waals surface area contributed by atoms with Crippen LogP contribution in [0.2, 0.25) is 0 Å².